The number of thiophene rings is 1. The quantitative estimate of drug-likeness (QED) is 0.808. The summed E-state index contributed by atoms with van der Waals surface area (Å²) in [6.45, 7) is 10.3. The second kappa shape index (κ2) is 6.41. The number of hydrogen-bond acceptors (Lipinski definition) is 2. The molecule has 1 aromatic rings. The Hall–Kier alpha value is -0.340. The molecule has 1 saturated carbocycles. The summed E-state index contributed by atoms with van der Waals surface area (Å²) in [5.41, 5.74) is 0.290. The van der Waals surface area contributed by atoms with Crippen LogP contribution in [0.25, 0.3) is 0 Å². The predicted molar refractivity (Wildman–Crippen MR) is 85.9 cm³/mol. The molecule has 1 aliphatic rings. The van der Waals surface area contributed by atoms with Gasteiger partial charge in [-0.05, 0) is 43.2 Å². The molecule has 0 bridgehead atoms. The Morgan fingerprint density at radius 3 is 2.47 bits per heavy atom. The van der Waals surface area contributed by atoms with E-state index in [-0.39, 0.29) is 5.41 Å². The minimum atomic E-state index is 0.290. The van der Waals surface area contributed by atoms with Crippen molar-refractivity contribution in [3.63, 3.8) is 0 Å². The van der Waals surface area contributed by atoms with Gasteiger partial charge >= 0.3 is 0 Å². The molecule has 0 saturated heterocycles. The molecule has 19 heavy (non-hydrogen) atoms. The predicted octanol–water partition coefficient (Wildman–Crippen LogP) is 5.10. The first-order valence-corrected chi connectivity index (χ1v) is 8.61. The van der Waals surface area contributed by atoms with Gasteiger partial charge in [-0.25, -0.2) is 0 Å². The standard InChI is InChI=1S/C17H29NS/c1-13(14-8-6-5-7-9-14)18-12-15-10-11-16(19-15)17(2,3)4/h10-11,13-14,18H,5-9,12H2,1-4H3/t13-/m1/s1. The van der Waals surface area contributed by atoms with Gasteiger partial charge in [-0.1, -0.05) is 40.0 Å². The first-order chi connectivity index (χ1) is 8.97. The number of hydrogen-bond donors (Lipinski definition) is 1. The van der Waals surface area contributed by atoms with Crippen LogP contribution in [0.15, 0.2) is 12.1 Å². The third kappa shape index (κ3) is 4.32. The van der Waals surface area contributed by atoms with E-state index < -0.39 is 0 Å². The second-order valence-corrected chi connectivity index (χ2v) is 8.25. The van der Waals surface area contributed by atoms with Gasteiger partial charge in [0.1, 0.15) is 0 Å². The van der Waals surface area contributed by atoms with Crippen LogP contribution in [0.1, 0.15) is 69.6 Å². The second-order valence-electron chi connectivity index (χ2n) is 7.08. The molecule has 108 valence electrons. The van der Waals surface area contributed by atoms with Crippen LogP contribution in [0.5, 0.6) is 0 Å². The smallest absolute Gasteiger partial charge is 0.0302 e. The third-order valence-corrected chi connectivity index (χ3v) is 5.87. The van der Waals surface area contributed by atoms with Gasteiger partial charge in [0.05, 0.1) is 0 Å². The maximum absolute atomic E-state index is 3.74. The van der Waals surface area contributed by atoms with E-state index >= 15 is 0 Å². The molecule has 0 unspecified atom stereocenters. The molecule has 0 aliphatic heterocycles. The molecular weight excluding hydrogens is 250 g/mol. The van der Waals surface area contributed by atoms with Crippen LogP contribution in [0.2, 0.25) is 0 Å². The summed E-state index contributed by atoms with van der Waals surface area (Å²) in [5.74, 6) is 0.899. The van der Waals surface area contributed by atoms with Crippen LogP contribution in [0.3, 0.4) is 0 Å². The lowest BCUT2D eigenvalue weighted by Crippen LogP contribution is -2.34. The molecule has 0 aromatic carbocycles. The molecule has 1 aliphatic carbocycles. The summed E-state index contributed by atoms with van der Waals surface area (Å²) >= 11 is 1.97. The summed E-state index contributed by atoms with van der Waals surface area (Å²) in [6, 6.07) is 5.26. The van der Waals surface area contributed by atoms with E-state index in [1.807, 2.05) is 11.3 Å². The van der Waals surface area contributed by atoms with E-state index in [9.17, 15) is 0 Å². The van der Waals surface area contributed by atoms with Gasteiger partial charge in [0.25, 0.3) is 0 Å². The first-order valence-electron chi connectivity index (χ1n) is 7.79. The zero-order valence-electron chi connectivity index (χ0n) is 13.0. The summed E-state index contributed by atoms with van der Waals surface area (Å²) in [7, 11) is 0. The highest BCUT2D eigenvalue weighted by molar-refractivity contribution is 7.12. The van der Waals surface area contributed by atoms with Gasteiger partial charge in [-0.3, -0.25) is 0 Å². The van der Waals surface area contributed by atoms with E-state index in [4.69, 9.17) is 0 Å². The zero-order chi connectivity index (χ0) is 13.9. The van der Waals surface area contributed by atoms with Crippen molar-refractivity contribution in [3.05, 3.63) is 21.9 Å². The average Bonchev–Trinajstić information content (AvgIpc) is 2.86. The molecular formula is C17H29NS. The van der Waals surface area contributed by atoms with Crippen molar-refractivity contribution in [2.75, 3.05) is 0 Å². The maximum Gasteiger partial charge on any atom is 0.0302 e. The van der Waals surface area contributed by atoms with Gasteiger partial charge in [0.2, 0.25) is 0 Å². The fourth-order valence-electron chi connectivity index (χ4n) is 2.94. The van der Waals surface area contributed by atoms with Crippen molar-refractivity contribution in [3.8, 4) is 0 Å². The molecule has 2 heteroatoms. The lowest BCUT2D eigenvalue weighted by molar-refractivity contribution is 0.281. The Kier molecular flexibility index (Phi) is 5.08. The SMILES string of the molecule is C[C@@H](NCc1ccc(C(C)(C)C)s1)C1CCCCC1. The van der Waals surface area contributed by atoms with E-state index in [2.05, 4.69) is 45.1 Å². The van der Waals surface area contributed by atoms with E-state index in [0.717, 1.165) is 12.5 Å². The van der Waals surface area contributed by atoms with Crippen molar-refractivity contribution in [1.29, 1.82) is 0 Å². The van der Waals surface area contributed by atoms with Crippen LogP contribution in [0, 0.1) is 5.92 Å². The van der Waals surface area contributed by atoms with Crippen LogP contribution in [-0.4, -0.2) is 6.04 Å². The maximum atomic E-state index is 3.74. The van der Waals surface area contributed by atoms with Crippen LogP contribution in [-0.2, 0) is 12.0 Å². The van der Waals surface area contributed by atoms with Gasteiger partial charge in [-0.15, -0.1) is 11.3 Å². The first kappa shape index (κ1) is 15.1. The fourth-order valence-corrected chi connectivity index (χ4v) is 3.95. The third-order valence-electron chi connectivity index (χ3n) is 4.36. The molecule has 1 fully saturated rings. The van der Waals surface area contributed by atoms with Crippen LogP contribution >= 0.6 is 11.3 Å². The minimum absolute atomic E-state index is 0.290. The minimum Gasteiger partial charge on any atom is -0.309 e. The summed E-state index contributed by atoms with van der Waals surface area (Å²) in [5, 5.41) is 3.74. The van der Waals surface area contributed by atoms with Crippen molar-refractivity contribution in [2.24, 2.45) is 5.92 Å². The lowest BCUT2D eigenvalue weighted by atomic mass is 9.84. The molecule has 1 aromatic heterocycles. The fraction of sp³-hybridized carbons (Fsp3) is 0.765. The Morgan fingerprint density at radius 2 is 1.89 bits per heavy atom. The Bertz CT molecular complexity index is 382. The normalized spacial score (nSPS) is 19.6. The van der Waals surface area contributed by atoms with Crippen LogP contribution < -0.4 is 5.32 Å². The largest absolute Gasteiger partial charge is 0.309 e. The monoisotopic (exact) mass is 279 g/mol. The highest BCUT2D eigenvalue weighted by Crippen LogP contribution is 2.30. The van der Waals surface area contributed by atoms with E-state index in [0.29, 0.717) is 6.04 Å². The van der Waals surface area contributed by atoms with Gasteiger partial charge < -0.3 is 5.32 Å². The van der Waals surface area contributed by atoms with Gasteiger partial charge in [0.15, 0.2) is 0 Å². The zero-order valence-corrected chi connectivity index (χ0v) is 13.8. The molecule has 1 N–H and O–H groups in total. The summed E-state index contributed by atoms with van der Waals surface area (Å²) in [4.78, 5) is 2.97. The Labute approximate surface area is 122 Å². The molecule has 1 atom stereocenters. The van der Waals surface area contributed by atoms with Crippen molar-refractivity contribution in [1.82, 2.24) is 5.32 Å². The molecule has 1 heterocycles. The molecule has 0 amide bonds. The molecule has 0 radical (unpaired) electrons. The summed E-state index contributed by atoms with van der Waals surface area (Å²) < 4.78 is 0. The topological polar surface area (TPSA) is 12.0 Å². The molecule has 1 nitrogen and oxygen atoms in total. The van der Waals surface area contributed by atoms with Crippen LogP contribution in [0.4, 0.5) is 0 Å². The van der Waals surface area contributed by atoms with Crippen molar-refractivity contribution in [2.45, 2.75) is 77.8 Å². The highest BCUT2D eigenvalue weighted by atomic mass is 32.1. The number of rotatable bonds is 4. The van der Waals surface area contributed by atoms with Crippen molar-refractivity contribution < 1.29 is 0 Å². The Balaban J connectivity index is 1.83. The summed E-state index contributed by atoms with van der Waals surface area (Å²) in [6.07, 6.45) is 7.16. The highest BCUT2D eigenvalue weighted by Gasteiger charge is 2.20. The molecule has 0 spiro atoms. The van der Waals surface area contributed by atoms with E-state index in [1.54, 1.807) is 0 Å². The van der Waals surface area contributed by atoms with Crippen molar-refractivity contribution >= 4 is 11.3 Å². The average molecular weight is 279 g/mol. The lowest BCUT2D eigenvalue weighted by Gasteiger charge is -2.28. The van der Waals surface area contributed by atoms with Gasteiger partial charge in [-0.2, -0.15) is 0 Å². The van der Waals surface area contributed by atoms with Gasteiger partial charge in [0, 0.05) is 22.3 Å². The van der Waals surface area contributed by atoms with E-state index in [1.165, 1.54) is 41.9 Å². The molecule has 2 rings (SSSR count). The Morgan fingerprint density at radius 1 is 1.21 bits per heavy atom. The number of nitrogens with one attached hydrogen (secondary N) is 1.